The molecule has 18 heavy (non-hydrogen) atoms. The number of aliphatic hydroxyl groups excluding tert-OH is 3. The van der Waals surface area contributed by atoms with Gasteiger partial charge in [0, 0.05) is 12.2 Å². The van der Waals surface area contributed by atoms with E-state index in [-0.39, 0.29) is 13.2 Å². The minimum atomic E-state index is -1.83. The molecular weight excluding hydrogens is 256 g/mol. The molecule has 0 aromatic rings. The molecule has 0 aromatic carbocycles. The third-order valence-electron chi connectivity index (χ3n) is 0.790. The zero-order valence-electron chi connectivity index (χ0n) is 9.00. The van der Waals surface area contributed by atoms with Gasteiger partial charge in [0.2, 0.25) is 0 Å². The Balaban J connectivity index is -0.000000200. The van der Waals surface area contributed by atoms with Crippen LogP contribution in [0.15, 0.2) is 12.2 Å². The first kappa shape index (κ1) is 21.1. The number of rotatable bonds is 4. The first-order chi connectivity index (χ1) is 8.17. The van der Waals surface area contributed by atoms with Crippen molar-refractivity contribution in [3.63, 3.8) is 0 Å². The molecule has 0 rings (SSSR count). The van der Waals surface area contributed by atoms with Gasteiger partial charge in [-0.2, -0.15) is 0 Å². The maximum Gasteiger partial charge on any atom is 0.503 e. The lowest BCUT2D eigenvalue weighted by molar-refractivity contribution is -0.134. The van der Waals surface area contributed by atoms with Crippen LogP contribution in [0.2, 0.25) is 0 Å². The van der Waals surface area contributed by atoms with E-state index in [1.165, 1.54) is 0 Å². The maximum absolute atomic E-state index is 9.55. The van der Waals surface area contributed by atoms with Crippen molar-refractivity contribution in [2.75, 3.05) is 13.2 Å². The van der Waals surface area contributed by atoms with Crippen LogP contribution in [0.25, 0.3) is 0 Å². The standard InChI is InChI=1S/C4H4O4.C3H8O3.CH2O3/c5-3(6)1-2-4(7)8;4-1-3(6)2-5;2-1(3)4/h1-2H,(H,5,6)(H,7,8);3-6H,1-2H2;(H2,2,3,4)/b2-1+;;. The van der Waals surface area contributed by atoms with Gasteiger partial charge in [-0.1, -0.05) is 0 Å². The van der Waals surface area contributed by atoms with E-state index in [0.717, 1.165) is 0 Å². The zero-order chi connectivity index (χ0) is 15.1. The normalized spacial score (nSPS) is 8.89. The lowest BCUT2D eigenvalue weighted by Crippen LogP contribution is -2.15. The number of aliphatic carboxylic acids is 2. The van der Waals surface area contributed by atoms with Gasteiger partial charge in [-0.15, -0.1) is 0 Å². The number of carboxylic acids is 2. The van der Waals surface area contributed by atoms with Crippen molar-refractivity contribution in [2.45, 2.75) is 6.10 Å². The van der Waals surface area contributed by atoms with Crippen molar-refractivity contribution in [1.82, 2.24) is 0 Å². The molecule has 0 aliphatic carbocycles. The summed E-state index contributed by atoms with van der Waals surface area (Å²) in [5.41, 5.74) is 0. The van der Waals surface area contributed by atoms with E-state index in [2.05, 4.69) is 0 Å². The lowest BCUT2D eigenvalue weighted by Gasteiger charge is -1.96. The highest BCUT2D eigenvalue weighted by molar-refractivity contribution is 5.89. The molecule has 0 unspecified atom stereocenters. The number of carboxylic acid groups (broad SMARTS) is 4. The quantitative estimate of drug-likeness (QED) is 0.288. The minimum Gasteiger partial charge on any atom is -0.478 e. The van der Waals surface area contributed by atoms with Crippen LogP contribution < -0.4 is 0 Å². The third-order valence-corrected chi connectivity index (χ3v) is 0.790. The van der Waals surface area contributed by atoms with Crippen LogP contribution in [-0.4, -0.2) is 73.2 Å². The summed E-state index contributed by atoms with van der Waals surface area (Å²) < 4.78 is 0. The van der Waals surface area contributed by atoms with Gasteiger partial charge in [0.1, 0.15) is 6.10 Å². The van der Waals surface area contributed by atoms with Crippen molar-refractivity contribution in [1.29, 1.82) is 0 Å². The fourth-order valence-corrected chi connectivity index (χ4v) is 0.200. The molecule has 0 spiro atoms. The van der Waals surface area contributed by atoms with E-state index in [1.54, 1.807) is 0 Å². The van der Waals surface area contributed by atoms with Gasteiger partial charge in [-0.05, 0) is 0 Å². The topological polar surface area (TPSA) is 193 Å². The first-order valence-electron chi connectivity index (χ1n) is 4.12. The zero-order valence-corrected chi connectivity index (χ0v) is 9.00. The Morgan fingerprint density at radius 3 is 1.11 bits per heavy atom. The molecule has 0 atom stereocenters. The van der Waals surface area contributed by atoms with E-state index < -0.39 is 24.2 Å². The highest BCUT2D eigenvalue weighted by Crippen LogP contribution is 1.71. The Labute approximate surface area is 101 Å². The number of hydrogen-bond donors (Lipinski definition) is 7. The minimum absolute atomic E-state index is 0.365. The van der Waals surface area contributed by atoms with Gasteiger partial charge in [0.15, 0.2) is 0 Å². The molecule has 10 nitrogen and oxygen atoms in total. The molecule has 0 amide bonds. The molecule has 106 valence electrons. The Kier molecular flexibility index (Phi) is 17.4. The Morgan fingerprint density at radius 1 is 0.833 bits per heavy atom. The molecule has 0 aliphatic rings. The highest BCUT2D eigenvalue weighted by atomic mass is 16.6. The second kappa shape index (κ2) is 14.8. The van der Waals surface area contributed by atoms with E-state index in [9.17, 15) is 9.59 Å². The first-order valence-corrected chi connectivity index (χ1v) is 4.12. The van der Waals surface area contributed by atoms with E-state index in [1.807, 2.05) is 0 Å². The van der Waals surface area contributed by atoms with Crippen LogP contribution >= 0.6 is 0 Å². The SMILES string of the molecule is O=C(O)/C=C/C(=O)O.O=C(O)O.OCC(O)CO. The fourth-order valence-electron chi connectivity index (χ4n) is 0.200. The van der Waals surface area contributed by atoms with Gasteiger partial charge in [-0.25, -0.2) is 14.4 Å². The van der Waals surface area contributed by atoms with E-state index >= 15 is 0 Å². The van der Waals surface area contributed by atoms with E-state index in [0.29, 0.717) is 12.2 Å². The summed E-state index contributed by atoms with van der Waals surface area (Å²) in [4.78, 5) is 27.7. The molecule has 0 aliphatic heterocycles. The van der Waals surface area contributed by atoms with Crippen LogP contribution in [0.4, 0.5) is 4.79 Å². The second-order valence-corrected chi connectivity index (χ2v) is 2.31. The molecule has 0 bridgehead atoms. The average molecular weight is 270 g/mol. The average Bonchev–Trinajstić information content (AvgIpc) is 2.25. The molecule has 0 heterocycles. The molecule has 0 radical (unpaired) electrons. The number of hydrogen-bond acceptors (Lipinski definition) is 6. The van der Waals surface area contributed by atoms with Gasteiger partial charge in [-0.3, -0.25) is 0 Å². The van der Waals surface area contributed by atoms with Crippen molar-refractivity contribution in [3.8, 4) is 0 Å². The Hall–Kier alpha value is -2.17. The molecule has 0 saturated carbocycles. The largest absolute Gasteiger partial charge is 0.503 e. The molecule has 7 N–H and O–H groups in total. The maximum atomic E-state index is 9.55. The molecule has 0 fully saturated rings. The van der Waals surface area contributed by atoms with Crippen molar-refractivity contribution >= 4 is 18.1 Å². The Bertz CT molecular complexity index is 247. The van der Waals surface area contributed by atoms with E-state index in [4.69, 9.17) is 40.5 Å². The smallest absolute Gasteiger partial charge is 0.478 e. The number of aliphatic hydroxyl groups is 3. The third kappa shape index (κ3) is 48.8. The highest BCUT2D eigenvalue weighted by Gasteiger charge is 1.93. The molecule has 0 aromatic heterocycles. The van der Waals surface area contributed by atoms with Crippen LogP contribution in [0, 0.1) is 0 Å². The van der Waals surface area contributed by atoms with Gasteiger partial charge >= 0.3 is 18.1 Å². The Morgan fingerprint density at radius 2 is 1.06 bits per heavy atom. The summed E-state index contributed by atoms with van der Waals surface area (Å²) in [5, 5.41) is 53.6. The predicted molar refractivity (Wildman–Crippen MR) is 55.2 cm³/mol. The summed E-state index contributed by atoms with van der Waals surface area (Å²) in [5.74, 6) is -2.51. The predicted octanol–water partition coefficient (Wildman–Crippen LogP) is -1.73. The summed E-state index contributed by atoms with van der Waals surface area (Å²) in [6, 6.07) is 0. The summed E-state index contributed by atoms with van der Waals surface area (Å²) in [6.07, 6.45) is -1.67. The molecule has 10 heteroatoms. The van der Waals surface area contributed by atoms with Crippen LogP contribution in [-0.2, 0) is 9.59 Å². The molecule has 0 saturated heterocycles. The number of carbonyl (C=O) groups is 3. The summed E-state index contributed by atoms with van der Waals surface area (Å²) >= 11 is 0. The lowest BCUT2D eigenvalue weighted by atomic mass is 10.4. The second-order valence-electron chi connectivity index (χ2n) is 2.31. The van der Waals surface area contributed by atoms with Gasteiger partial charge in [0.25, 0.3) is 0 Å². The summed E-state index contributed by atoms with van der Waals surface area (Å²) in [7, 11) is 0. The van der Waals surface area contributed by atoms with Crippen LogP contribution in [0.1, 0.15) is 0 Å². The fraction of sp³-hybridized carbons (Fsp3) is 0.375. The van der Waals surface area contributed by atoms with Crippen molar-refractivity contribution in [2.24, 2.45) is 0 Å². The summed E-state index contributed by atoms with van der Waals surface area (Å²) in [6.45, 7) is -0.729. The molecular formula is C8H14O10. The van der Waals surface area contributed by atoms with Gasteiger partial charge in [0.05, 0.1) is 13.2 Å². The van der Waals surface area contributed by atoms with Gasteiger partial charge < -0.3 is 35.7 Å². The van der Waals surface area contributed by atoms with Crippen molar-refractivity contribution in [3.05, 3.63) is 12.2 Å². The van der Waals surface area contributed by atoms with Crippen molar-refractivity contribution < 1.29 is 50.1 Å². The monoisotopic (exact) mass is 270 g/mol. The van der Waals surface area contributed by atoms with Crippen LogP contribution in [0.3, 0.4) is 0 Å². The van der Waals surface area contributed by atoms with Crippen LogP contribution in [0.5, 0.6) is 0 Å².